The Labute approximate surface area is 130 Å². The fraction of sp³-hybridized carbons (Fsp3) is 0.533. The molecule has 3 rings (SSSR count). The number of rotatable bonds is 4. The fourth-order valence-electron chi connectivity index (χ4n) is 2.29. The number of hydrogen-bond acceptors (Lipinski definition) is 3. The zero-order chi connectivity index (χ0) is 16.8. The van der Waals surface area contributed by atoms with Gasteiger partial charge in [-0.25, -0.2) is 9.50 Å². The molecule has 1 fully saturated rings. The average molecular weight is 326 g/mol. The third kappa shape index (κ3) is 3.16. The molecule has 1 unspecified atom stereocenters. The van der Waals surface area contributed by atoms with E-state index in [0.29, 0.717) is 10.2 Å². The Morgan fingerprint density at radius 2 is 2.13 bits per heavy atom. The molecule has 2 aromatic heterocycles. The minimum Gasteiger partial charge on any atom is -0.348 e. The number of carbonyl (C=O) groups excluding carboxylic acids is 1. The van der Waals surface area contributed by atoms with Gasteiger partial charge < -0.3 is 5.32 Å². The molecule has 124 valence electrons. The Bertz CT molecular complexity index is 749. The molecule has 1 aliphatic carbocycles. The van der Waals surface area contributed by atoms with Crippen molar-refractivity contribution in [3.8, 4) is 0 Å². The monoisotopic (exact) mass is 326 g/mol. The number of alkyl halides is 3. The maximum Gasteiger partial charge on any atom is 0.433 e. The van der Waals surface area contributed by atoms with Gasteiger partial charge in [0, 0.05) is 23.7 Å². The number of fused-ring (bicyclic) bond motifs is 1. The maximum absolute atomic E-state index is 13.3. The maximum atomic E-state index is 13.3. The lowest BCUT2D eigenvalue weighted by atomic mass is 10.2. The van der Waals surface area contributed by atoms with E-state index in [1.807, 2.05) is 13.8 Å². The summed E-state index contributed by atoms with van der Waals surface area (Å²) in [6.45, 7) is 3.72. The van der Waals surface area contributed by atoms with Gasteiger partial charge in [0.05, 0.1) is 0 Å². The molecule has 2 aromatic rings. The smallest absolute Gasteiger partial charge is 0.348 e. The normalized spacial score (nSPS) is 16.6. The van der Waals surface area contributed by atoms with E-state index in [9.17, 15) is 18.0 Å². The second-order valence-electron chi connectivity index (χ2n) is 5.92. The Kier molecular flexibility index (Phi) is 3.77. The van der Waals surface area contributed by atoms with E-state index in [4.69, 9.17) is 0 Å². The van der Waals surface area contributed by atoms with Crippen LogP contribution in [0.15, 0.2) is 12.1 Å². The molecule has 2 heterocycles. The van der Waals surface area contributed by atoms with Crippen molar-refractivity contribution in [3.63, 3.8) is 0 Å². The molecule has 0 radical (unpaired) electrons. The quantitative estimate of drug-likeness (QED) is 0.939. The van der Waals surface area contributed by atoms with Gasteiger partial charge in [0.15, 0.2) is 11.3 Å². The summed E-state index contributed by atoms with van der Waals surface area (Å²) in [6.07, 6.45) is -2.15. The van der Waals surface area contributed by atoms with Crippen LogP contribution in [0.1, 0.15) is 60.9 Å². The lowest BCUT2D eigenvalue weighted by Crippen LogP contribution is -2.32. The SMILES string of the molecule is CCC(C)NC(=O)c1cc2nc(C3CC3)cc(C(F)(F)F)n2n1. The van der Waals surface area contributed by atoms with Crippen LogP contribution in [-0.4, -0.2) is 26.5 Å². The summed E-state index contributed by atoms with van der Waals surface area (Å²) >= 11 is 0. The molecule has 0 aromatic carbocycles. The molecule has 1 atom stereocenters. The molecule has 23 heavy (non-hydrogen) atoms. The van der Waals surface area contributed by atoms with Gasteiger partial charge in [0.25, 0.3) is 5.91 Å². The molecule has 1 amide bonds. The number of amides is 1. The highest BCUT2D eigenvalue weighted by atomic mass is 19.4. The number of nitrogens with zero attached hydrogens (tertiary/aromatic N) is 3. The van der Waals surface area contributed by atoms with E-state index in [1.54, 1.807) is 0 Å². The van der Waals surface area contributed by atoms with Crippen molar-refractivity contribution < 1.29 is 18.0 Å². The summed E-state index contributed by atoms with van der Waals surface area (Å²) < 4.78 is 40.5. The van der Waals surface area contributed by atoms with Crippen molar-refractivity contribution >= 4 is 11.6 Å². The largest absolute Gasteiger partial charge is 0.433 e. The van der Waals surface area contributed by atoms with E-state index >= 15 is 0 Å². The molecule has 1 saturated carbocycles. The number of halogens is 3. The molecule has 1 N–H and O–H groups in total. The van der Waals surface area contributed by atoms with Gasteiger partial charge in [-0.2, -0.15) is 18.3 Å². The Morgan fingerprint density at radius 3 is 2.70 bits per heavy atom. The summed E-state index contributed by atoms with van der Waals surface area (Å²) in [7, 11) is 0. The number of hydrogen-bond donors (Lipinski definition) is 1. The van der Waals surface area contributed by atoms with Gasteiger partial charge in [-0.3, -0.25) is 4.79 Å². The molecule has 5 nitrogen and oxygen atoms in total. The Hall–Kier alpha value is -2.12. The Balaban J connectivity index is 2.05. The second kappa shape index (κ2) is 5.50. The van der Waals surface area contributed by atoms with Crippen molar-refractivity contribution in [3.05, 3.63) is 29.2 Å². The molecule has 8 heteroatoms. The van der Waals surface area contributed by atoms with Crippen LogP contribution in [-0.2, 0) is 6.18 Å². The third-order valence-corrected chi connectivity index (χ3v) is 3.96. The minimum atomic E-state index is -4.55. The summed E-state index contributed by atoms with van der Waals surface area (Å²) in [4.78, 5) is 16.3. The van der Waals surface area contributed by atoms with E-state index in [2.05, 4.69) is 15.4 Å². The van der Waals surface area contributed by atoms with Gasteiger partial charge in [0.2, 0.25) is 0 Å². The number of carbonyl (C=O) groups is 1. The lowest BCUT2D eigenvalue weighted by Gasteiger charge is -2.10. The molecule has 0 bridgehead atoms. The van der Waals surface area contributed by atoms with Crippen LogP contribution >= 0.6 is 0 Å². The van der Waals surface area contributed by atoms with Gasteiger partial charge in [-0.1, -0.05) is 6.92 Å². The van der Waals surface area contributed by atoms with Crippen LogP contribution in [0.3, 0.4) is 0 Å². The standard InChI is InChI=1S/C15H17F3N4O/c1-3-8(2)19-14(23)11-7-13-20-10(9-4-5-9)6-12(15(16,17)18)22(13)21-11/h6-9H,3-5H2,1-2H3,(H,19,23). The van der Waals surface area contributed by atoms with Gasteiger partial charge in [-0.15, -0.1) is 0 Å². The van der Waals surface area contributed by atoms with E-state index in [0.717, 1.165) is 25.3 Å². The Morgan fingerprint density at radius 1 is 1.43 bits per heavy atom. The topological polar surface area (TPSA) is 59.3 Å². The first-order valence-electron chi connectivity index (χ1n) is 7.58. The van der Waals surface area contributed by atoms with E-state index in [-0.39, 0.29) is 23.3 Å². The summed E-state index contributed by atoms with van der Waals surface area (Å²) in [5.74, 6) is -0.417. The number of aromatic nitrogens is 3. The molecular formula is C15H17F3N4O. The van der Waals surface area contributed by atoms with Crippen LogP contribution in [0.2, 0.25) is 0 Å². The average Bonchev–Trinajstić information content (AvgIpc) is 3.23. The second-order valence-corrected chi connectivity index (χ2v) is 5.92. The van der Waals surface area contributed by atoms with Gasteiger partial charge in [-0.05, 0) is 32.3 Å². The van der Waals surface area contributed by atoms with E-state index < -0.39 is 17.8 Å². The summed E-state index contributed by atoms with van der Waals surface area (Å²) in [5.41, 5.74) is -0.488. The zero-order valence-corrected chi connectivity index (χ0v) is 12.8. The summed E-state index contributed by atoms with van der Waals surface area (Å²) in [5, 5.41) is 6.50. The van der Waals surface area contributed by atoms with Crippen molar-refractivity contribution in [2.75, 3.05) is 0 Å². The number of nitrogens with one attached hydrogen (secondary N) is 1. The third-order valence-electron chi connectivity index (χ3n) is 3.96. The van der Waals surface area contributed by atoms with Crippen molar-refractivity contribution in [2.45, 2.75) is 51.2 Å². The van der Waals surface area contributed by atoms with Gasteiger partial charge in [0.1, 0.15) is 5.69 Å². The van der Waals surface area contributed by atoms with Gasteiger partial charge >= 0.3 is 6.18 Å². The van der Waals surface area contributed by atoms with Crippen molar-refractivity contribution in [1.29, 1.82) is 0 Å². The van der Waals surface area contributed by atoms with Crippen LogP contribution in [0, 0.1) is 0 Å². The molecule has 0 aliphatic heterocycles. The molecule has 0 saturated heterocycles. The summed E-state index contributed by atoms with van der Waals surface area (Å²) in [6, 6.07) is 2.26. The predicted molar refractivity (Wildman–Crippen MR) is 77.2 cm³/mol. The van der Waals surface area contributed by atoms with Crippen LogP contribution in [0.25, 0.3) is 5.65 Å². The molecule has 0 spiro atoms. The highest BCUT2D eigenvalue weighted by molar-refractivity contribution is 5.93. The minimum absolute atomic E-state index is 0.0519. The fourth-order valence-corrected chi connectivity index (χ4v) is 2.29. The van der Waals surface area contributed by atoms with Crippen molar-refractivity contribution in [1.82, 2.24) is 19.9 Å². The first-order valence-corrected chi connectivity index (χ1v) is 7.58. The predicted octanol–water partition coefficient (Wildman–Crippen LogP) is 3.15. The van der Waals surface area contributed by atoms with E-state index in [1.165, 1.54) is 6.07 Å². The first kappa shape index (κ1) is 15.8. The lowest BCUT2D eigenvalue weighted by molar-refractivity contribution is -0.142. The van der Waals surface area contributed by atoms with Crippen LogP contribution in [0.5, 0.6) is 0 Å². The van der Waals surface area contributed by atoms with Crippen LogP contribution in [0.4, 0.5) is 13.2 Å². The highest BCUT2D eigenvalue weighted by Gasteiger charge is 2.37. The zero-order valence-electron chi connectivity index (χ0n) is 12.8. The molecular weight excluding hydrogens is 309 g/mol. The van der Waals surface area contributed by atoms with Crippen LogP contribution < -0.4 is 5.32 Å². The van der Waals surface area contributed by atoms with Crippen molar-refractivity contribution in [2.24, 2.45) is 0 Å². The highest BCUT2D eigenvalue weighted by Crippen LogP contribution is 2.41. The first-order chi connectivity index (χ1) is 10.8. The molecule has 1 aliphatic rings.